The molecule has 0 unspecified atom stereocenters. The summed E-state index contributed by atoms with van der Waals surface area (Å²) in [5.41, 5.74) is 0.547. The number of hydrogen-bond acceptors (Lipinski definition) is 8. The Morgan fingerprint density at radius 1 is 0.864 bits per heavy atom. The van der Waals surface area contributed by atoms with Gasteiger partial charge < -0.3 is 23.7 Å². The largest absolute Gasteiger partial charge is 0.461 e. The van der Waals surface area contributed by atoms with E-state index in [1.54, 1.807) is 13.8 Å². The molecule has 0 aliphatic carbocycles. The molecule has 3 heterocycles. The quantitative estimate of drug-likeness (QED) is 0.227. The van der Waals surface area contributed by atoms with Gasteiger partial charge in [0.25, 0.3) is 5.56 Å². The maximum absolute atomic E-state index is 13.0. The van der Waals surface area contributed by atoms with Crippen molar-refractivity contribution >= 4 is 5.97 Å². The summed E-state index contributed by atoms with van der Waals surface area (Å²) in [5.74, 6) is -1.51. The Labute approximate surface area is 254 Å². The number of hydrogen-bond donors (Lipinski definition) is 1. The summed E-state index contributed by atoms with van der Waals surface area (Å²) >= 11 is 0. The van der Waals surface area contributed by atoms with Gasteiger partial charge in [-0.15, -0.1) is 0 Å². The van der Waals surface area contributed by atoms with Crippen LogP contribution in [0.4, 0.5) is 0 Å². The third-order valence-electron chi connectivity index (χ3n) is 7.88. The van der Waals surface area contributed by atoms with Gasteiger partial charge >= 0.3 is 11.7 Å². The van der Waals surface area contributed by atoms with Crippen LogP contribution in [0.5, 0.6) is 0 Å². The number of nitrogens with one attached hydrogen (secondary N) is 1. The molecule has 0 radical (unpaired) electrons. The van der Waals surface area contributed by atoms with Crippen LogP contribution in [-0.2, 0) is 40.7 Å². The Kier molecular flexibility index (Phi) is 8.08. The number of aromatic nitrogens is 2. The van der Waals surface area contributed by atoms with Gasteiger partial charge in [0.2, 0.25) is 0 Å². The number of benzene rings is 3. The number of carbonyl (C=O) groups is 1. The van der Waals surface area contributed by atoms with Crippen LogP contribution in [0.2, 0.25) is 0 Å². The van der Waals surface area contributed by atoms with E-state index in [9.17, 15) is 14.4 Å². The molecule has 6 rings (SSSR count). The van der Waals surface area contributed by atoms with E-state index >= 15 is 0 Å². The minimum atomic E-state index is -0.998. The summed E-state index contributed by atoms with van der Waals surface area (Å²) in [7, 11) is 0. The lowest BCUT2D eigenvalue weighted by atomic mass is 9.80. The molecule has 228 valence electrons. The first-order valence-electron chi connectivity index (χ1n) is 14.5. The predicted octanol–water partition coefficient (Wildman–Crippen LogP) is 4.03. The summed E-state index contributed by atoms with van der Waals surface area (Å²) in [6, 6.07) is 29.9. The van der Waals surface area contributed by atoms with Gasteiger partial charge in [0.15, 0.2) is 12.0 Å². The molecule has 0 amide bonds. The number of esters is 1. The fourth-order valence-electron chi connectivity index (χ4n) is 5.99. The smallest absolute Gasteiger partial charge is 0.330 e. The van der Waals surface area contributed by atoms with Gasteiger partial charge in [0.1, 0.15) is 30.5 Å². The third kappa shape index (κ3) is 5.65. The van der Waals surface area contributed by atoms with Crippen molar-refractivity contribution in [1.82, 2.24) is 9.55 Å². The average molecular weight is 599 g/mol. The fraction of sp³-hybridized carbons (Fsp3) is 0.324. The van der Waals surface area contributed by atoms with E-state index < -0.39 is 53.1 Å². The second-order valence-corrected chi connectivity index (χ2v) is 11.3. The van der Waals surface area contributed by atoms with E-state index in [0.29, 0.717) is 0 Å². The number of rotatable bonds is 9. The minimum Gasteiger partial charge on any atom is -0.461 e. The van der Waals surface area contributed by atoms with Crippen LogP contribution in [0.15, 0.2) is 107 Å². The van der Waals surface area contributed by atoms with Crippen molar-refractivity contribution in [2.45, 2.75) is 63.3 Å². The number of nitrogens with zero attached hydrogens (tertiary/aromatic N) is 1. The SMILES string of the molecule is CC(=O)OCc1cn([C@@H]2O[C@H](COC(c3ccccc3)(c3ccccc3)c3ccccc3)[C@H]3OC(C)(C)O[C@H]32)c(=O)[nH]c1=O. The highest BCUT2D eigenvalue weighted by atomic mass is 16.8. The van der Waals surface area contributed by atoms with E-state index in [4.69, 9.17) is 23.7 Å². The number of aromatic amines is 1. The highest BCUT2D eigenvalue weighted by molar-refractivity contribution is 5.65. The van der Waals surface area contributed by atoms with Crippen molar-refractivity contribution in [2.24, 2.45) is 0 Å². The van der Waals surface area contributed by atoms with Crippen molar-refractivity contribution in [3.63, 3.8) is 0 Å². The zero-order valence-electron chi connectivity index (χ0n) is 24.7. The summed E-state index contributed by atoms with van der Waals surface area (Å²) < 4.78 is 32.3. The Morgan fingerprint density at radius 3 is 1.91 bits per heavy atom. The highest BCUT2D eigenvalue weighted by Gasteiger charge is 2.57. The Balaban J connectivity index is 1.38. The molecular formula is C34H34N2O8. The molecule has 0 spiro atoms. The lowest BCUT2D eigenvalue weighted by molar-refractivity contribution is -0.205. The van der Waals surface area contributed by atoms with Gasteiger partial charge in [-0.25, -0.2) is 4.79 Å². The monoisotopic (exact) mass is 598 g/mol. The van der Waals surface area contributed by atoms with E-state index in [2.05, 4.69) is 4.98 Å². The molecule has 10 nitrogen and oxygen atoms in total. The van der Waals surface area contributed by atoms with Crippen molar-refractivity contribution in [3.8, 4) is 0 Å². The molecule has 1 aromatic heterocycles. The Bertz CT molecular complexity index is 1620. The van der Waals surface area contributed by atoms with Gasteiger partial charge in [-0.2, -0.15) is 0 Å². The maximum atomic E-state index is 13.0. The lowest BCUT2D eigenvalue weighted by Crippen LogP contribution is -2.39. The molecule has 1 N–H and O–H groups in total. The van der Waals surface area contributed by atoms with Gasteiger partial charge in [0, 0.05) is 13.1 Å². The minimum absolute atomic E-state index is 0.0776. The van der Waals surface area contributed by atoms with E-state index in [1.807, 2.05) is 91.0 Å². The third-order valence-corrected chi connectivity index (χ3v) is 7.88. The van der Waals surface area contributed by atoms with Gasteiger partial charge in [0.05, 0.1) is 12.2 Å². The van der Waals surface area contributed by atoms with E-state index in [0.717, 1.165) is 16.7 Å². The Morgan fingerprint density at radius 2 is 1.39 bits per heavy atom. The summed E-state index contributed by atoms with van der Waals surface area (Å²) in [6.07, 6.45) is -1.55. The van der Waals surface area contributed by atoms with Gasteiger partial charge in [-0.05, 0) is 30.5 Å². The van der Waals surface area contributed by atoms with Crippen LogP contribution in [-0.4, -0.2) is 46.2 Å². The number of fused-ring (bicyclic) bond motifs is 1. The molecule has 10 heteroatoms. The molecule has 44 heavy (non-hydrogen) atoms. The maximum Gasteiger partial charge on any atom is 0.330 e. The first-order valence-corrected chi connectivity index (χ1v) is 14.5. The molecule has 0 saturated carbocycles. The zero-order valence-corrected chi connectivity index (χ0v) is 24.7. The molecule has 0 bridgehead atoms. The van der Waals surface area contributed by atoms with Crippen molar-refractivity contribution in [2.75, 3.05) is 6.61 Å². The molecular weight excluding hydrogens is 564 g/mol. The van der Waals surface area contributed by atoms with E-state index in [-0.39, 0.29) is 18.8 Å². The van der Waals surface area contributed by atoms with Gasteiger partial charge in [-0.1, -0.05) is 91.0 Å². The van der Waals surface area contributed by atoms with E-state index in [1.165, 1.54) is 17.7 Å². The Hall–Kier alpha value is -4.35. The van der Waals surface area contributed by atoms with Crippen molar-refractivity contribution in [1.29, 1.82) is 0 Å². The first-order chi connectivity index (χ1) is 21.2. The summed E-state index contributed by atoms with van der Waals surface area (Å²) in [5, 5.41) is 0. The molecule has 2 fully saturated rings. The second kappa shape index (κ2) is 12.0. The van der Waals surface area contributed by atoms with Crippen molar-refractivity contribution in [3.05, 3.63) is 140 Å². The fourth-order valence-corrected chi connectivity index (χ4v) is 5.99. The lowest BCUT2D eigenvalue weighted by Gasteiger charge is -2.37. The molecule has 2 saturated heterocycles. The standard InChI is InChI=1S/C34H34N2O8/c1-22(37)40-20-23-19-36(32(39)35-30(23)38)31-29-28(43-33(2,3)44-29)27(42-31)21-41-34(24-13-7-4-8-14-24,25-15-9-5-10-16-25)26-17-11-6-12-18-26/h4-19,27-29,31H,20-21H2,1-3H3,(H,35,38,39)/t27-,28-,29-,31-/m1/s1. The summed E-state index contributed by atoms with van der Waals surface area (Å²) in [4.78, 5) is 39.2. The second-order valence-electron chi connectivity index (χ2n) is 11.3. The normalized spacial score (nSPS) is 22.4. The molecule has 3 aromatic carbocycles. The molecule has 4 atom stereocenters. The zero-order chi connectivity index (χ0) is 30.9. The van der Waals surface area contributed by atoms with Crippen LogP contribution < -0.4 is 11.2 Å². The highest BCUT2D eigenvalue weighted by Crippen LogP contribution is 2.45. The summed E-state index contributed by atoms with van der Waals surface area (Å²) in [6.45, 7) is 4.61. The van der Waals surface area contributed by atoms with Crippen molar-refractivity contribution < 1.29 is 28.5 Å². The molecule has 2 aliphatic rings. The van der Waals surface area contributed by atoms with Crippen LogP contribution in [0.25, 0.3) is 0 Å². The number of carbonyl (C=O) groups excluding carboxylic acids is 1. The topological polar surface area (TPSA) is 118 Å². The predicted molar refractivity (Wildman–Crippen MR) is 160 cm³/mol. The molecule has 4 aromatic rings. The first kappa shape index (κ1) is 29.7. The average Bonchev–Trinajstić information content (AvgIpc) is 3.51. The molecule has 2 aliphatic heterocycles. The van der Waals surface area contributed by atoms with Crippen LogP contribution in [0.3, 0.4) is 0 Å². The number of ether oxygens (including phenoxy) is 5. The van der Waals surface area contributed by atoms with Gasteiger partial charge in [-0.3, -0.25) is 19.1 Å². The van der Waals surface area contributed by atoms with Crippen LogP contribution >= 0.6 is 0 Å². The van der Waals surface area contributed by atoms with Crippen LogP contribution in [0.1, 0.15) is 49.3 Å². The van der Waals surface area contributed by atoms with Crippen LogP contribution in [0, 0.1) is 0 Å². The number of H-pyrrole nitrogens is 1.